The Morgan fingerprint density at radius 3 is 2.92 bits per heavy atom. The zero-order valence-electron chi connectivity index (χ0n) is 14.6. The van der Waals surface area contributed by atoms with Crippen molar-refractivity contribution in [3.63, 3.8) is 0 Å². The lowest BCUT2D eigenvalue weighted by molar-refractivity contribution is -0.120. The van der Waals surface area contributed by atoms with Gasteiger partial charge in [0.05, 0.1) is 17.9 Å². The molecule has 1 aromatic heterocycles. The number of carbonyl (C=O) groups is 1. The van der Waals surface area contributed by atoms with E-state index in [0.29, 0.717) is 24.5 Å². The molecule has 0 spiro atoms. The van der Waals surface area contributed by atoms with Crippen LogP contribution in [0.5, 0.6) is 0 Å². The normalized spacial score (nSPS) is 20.3. The summed E-state index contributed by atoms with van der Waals surface area (Å²) in [6.07, 6.45) is 4.52. The fourth-order valence-electron chi connectivity index (χ4n) is 3.67. The Morgan fingerprint density at radius 1 is 1.31 bits per heavy atom. The summed E-state index contributed by atoms with van der Waals surface area (Å²) in [7, 11) is -3.26. The maximum Gasteiger partial charge on any atom is 0.230 e. The van der Waals surface area contributed by atoms with Crippen molar-refractivity contribution < 1.29 is 13.2 Å². The maximum atomic E-state index is 12.6. The third-order valence-corrected chi connectivity index (χ3v) is 7.35. The first-order valence-corrected chi connectivity index (χ1v) is 11.4. The van der Waals surface area contributed by atoms with Gasteiger partial charge >= 0.3 is 0 Å². The summed E-state index contributed by atoms with van der Waals surface area (Å²) >= 11 is 1.52. The van der Waals surface area contributed by atoms with Crippen LogP contribution in [0.3, 0.4) is 0 Å². The zero-order chi connectivity index (χ0) is 18.3. The van der Waals surface area contributed by atoms with Crippen molar-refractivity contribution in [2.45, 2.75) is 25.7 Å². The molecule has 0 unspecified atom stereocenters. The quantitative estimate of drug-likeness (QED) is 0.872. The number of rotatable bonds is 3. The number of aromatic nitrogens is 1. The number of amides is 1. The molecule has 1 amide bonds. The predicted octanol–water partition coefficient (Wildman–Crippen LogP) is 2.52. The summed E-state index contributed by atoms with van der Waals surface area (Å²) in [4.78, 5) is 18.5. The smallest absolute Gasteiger partial charge is 0.230 e. The number of anilines is 1. The van der Waals surface area contributed by atoms with Crippen LogP contribution in [0, 0.1) is 5.92 Å². The topological polar surface area (TPSA) is 79.4 Å². The highest BCUT2D eigenvalue weighted by atomic mass is 32.2. The third kappa shape index (κ3) is 3.41. The second-order valence-electron chi connectivity index (χ2n) is 6.90. The Labute approximate surface area is 157 Å². The fraction of sp³-hybridized carbons (Fsp3) is 0.444. The van der Waals surface area contributed by atoms with Crippen LogP contribution in [0.4, 0.5) is 5.13 Å². The van der Waals surface area contributed by atoms with Crippen LogP contribution < -0.4 is 5.32 Å². The molecule has 0 saturated carbocycles. The molecule has 6 nitrogen and oxygen atoms in total. The first-order chi connectivity index (χ1) is 12.4. The number of carbonyl (C=O) groups excluding carboxylic acids is 1. The molecule has 1 saturated heterocycles. The lowest BCUT2D eigenvalue weighted by atomic mass is 9.94. The van der Waals surface area contributed by atoms with Crippen molar-refractivity contribution in [2.24, 2.45) is 5.92 Å². The molecule has 0 bridgehead atoms. The first kappa shape index (κ1) is 17.6. The Hall–Kier alpha value is -1.77. The number of aryl methyl sites for hydroxylation is 2. The monoisotopic (exact) mass is 391 g/mol. The Kier molecular flexibility index (Phi) is 4.58. The van der Waals surface area contributed by atoms with E-state index in [4.69, 9.17) is 0 Å². The van der Waals surface area contributed by atoms with Crippen LogP contribution in [0.2, 0.25) is 0 Å². The second-order valence-corrected chi connectivity index (χ2v) is 9.96. The number of piperidine rings is 1. The summed E-state index contributed by atoms with van der Waals surface area (Å²) < 4.78 is 24.9. The van der Waals surface area contributed by atoms with Gasteiger partial charge in [-0.15, -0.1) is 11.3 Å². The van der Waals surface area contributed by atoms with E-state index < -0.39 is 10.0 Å². The van der Waals surface area contributed by atoms with Crippen LogP contribution in [-0.2, 0) is 27.7 Å². The number of sulfonamides is 1. The minimum absolute atomic E-state index is 0.141. The van der Waals surface area contributed by atoms with Crippen LogP contribution in [-0.4, -0.2) is 43.0 Å². The largest absolute Gasteiger partial charge is 0.302 e. The second kappa shape index (κ2) is 6.75. The molecule has 0 radical (unpaired) electrons. The van der Waals surface area contributed by atoms with Gasteiger partial charge in [0.2, 0.25) is 15.9 Å². The molecule has 1 N–H and O–H groups in total. The van der Waals surface area contributed by atoms with Crippen molar-refractivity contribution in [1.29, 1.82) is 0 Å². The van der Waals surface area contributed by atoms with Gasteiger partial charge in [0.1, 0.15) is 0 Å². The minimum atomic E-state index is -3.26. The molecule has 2 heterocycles. The van der Waals surface area contributed by atoms with Crippen molar-refractivity contribution in [1.82, 2.24) is 9.29 Å². The molecular formula is C18H21N3O3S2. The minimum Gasteiger partial charge on any atom is -0.302 e. The van der Waals surface area contributed by atoms with Crippen molar-refractivity contribution in [3.8, 4) is 11.3 Å². The summed E-state index contributed by atoms with van der Waals surface area (Å²) in [5.74, 6) is -0.468. The highest BCUT2D eigenvalue weighted by Gasteiger charge is 2.31. The average molecular weight is 392 g/mol. The number of nitrogens with zero attached hydrogens (tertiary/aromatic N) is 2. The molecule has 1 fully saturated rings. The molecule has 4 rings (SSSR count). The fourth-order valence-corrected chi connectivity index (χ4v) is 5.56. The van der Waals surface area contributed by atoms with Gasteiger partial charge < -0.3 is 5.32 Å². The van der Waals surface area contributed by atoms with Crippen molar-refractivity contribution in [3.05, 3.63) is 34.7 Å². The summed E-state index contributed by atoms with van der Waals surface area (Å²) in [5, 5.41) is 3.52. The van der Waals surface area contributed by atoms with Gasteiger partial charge in [0, 0.05) is 23.5 Å². The van der Waals surface area contributed by atoms with Gasteiger partial charge in [-0.25, -0.2) is 17.7 Å². The summed E-state index contributed by atoms with van der Waals surface area (Å²) in [6, 6.07) is 8.24. The van der Waals surface area contributed by atoms with Crippen LogP contribution in [0.25, 0.3) is 11.3 Å². The van der Waals surface area contributed by atoms with Crippen LogP contribution in [0.15, 0.2) is 24.3 Å². The van der Waals surface area contributed by atoms with Crippen molar-refractivity contribution in [2.75, 3.05) is 24.7 Å². The van der Waals surface area contributed by atoms with E-state index in [9.17, 15) is 13.2 Å². The number of fused-ring (bicyclic) bond motifs is 3. The predicted molar refractivity (Wildman–Crippen MR) is 103 cm³/mol. The van der Waals surface area contributed by atoms with Gasteiger partial charge in [-0.1, -0.05) is 24.3 Å². The Balaban J connectivity index is 1.51. The van der Waals surface area contributed by atoms with E-state index >= 15 is 0 Å². The van der Waals surface area contributed by atoms with Gasteiger partial charge in [-0.05, 0) is 31.2 Å². The van der Waals surface area contributed by atoms with Crippen LogP contribution >= 0.6 is 11.3 Å². The number of thiazole rings is 1. The highest BCUT2D eigenvalue weighted by molar-refractivity contribution is 7.88. The van der Waals surface area contributed by atoms with E-state index in [1.54, 1.807) is 0 Å². The molecule has 1 aromatic carbocycles. The number of hydrogen-bond acceptors (Lipinski definition) is 5. The van der Waals surface area contributed by atoms with Crippen molar-refractivity contribution >= 4 is 32.4 Å². The lowest BCUT2D eigenvalue weighted by Crippen LogP contribution is -2.43. The van der Waals surface area contributed by atoms with Gasteiger partial charge in [-0.2, -0.15) is 0 Å². The first-order valence-electron chi connectivity index (χ1n) is 8.76. The van der Waals surface area contributed by atoms with Gasteiger partial charge in [-0.3, -0.25) is 4.79 Å². The molecule has 1 atom stereocenters. The SMILES string of the molecule is CS(=O)(=O)N1CCC[C@@H](C(=O)Nc2nc3c(s2)CCc2ccccc2-3)C1. The van der Waals surface area contributed by atoms with E-state index in [1.807, 2.05) is 12.1 Å². The molecule has 8 heteroatoms. The number of benzene rings is 1. The lowest BCUT2D eigenvalue weighted by Gasteiger charge is -2.29. The molecule has 26 heavy (non-hydrogen) atoms. The van der Waals surface area contributed by atoms with E-state index in [1.165, 1.54) is 32.3 Å². The van der Waals surface area contributed by atoms with E-state index in [2.05, 4.69) is 22.4 Å². The number of nitrogens with one attached hydrogen (secondary N) is 1. The Morgan fingerprint density at radius 2 is 2.12 bits per heavy atom. The highest BCUT2D eigenvalue weighted by Crippen LogP contribution is 2.38. The standard InChI is InChI=1S/C18H21N3O3S2/c1-26(23,24)21-10-4-6-13(11-21)17(22)20-18-19-16-14-7-3-2-5-12(14)8-9-15(16)25-18/h2-3,5,7,13H,4,6,8-11H2,1H3,(H,19,20,22)/t13-/m1/s1. The molecule has 2 aliphatic rings. The summed E-state index contributed by atoms with van der Waals surface area (Å²) in [5.41, 5.74) is 3.40. The van der Waals surface area contributed by atoms with Gasteiger partial charge in [0.25, 0.3) is 0 Å². The molecule has 138 valence electrons. The number of hydrogen-bond donors (Lipinski definition) is 1. The van der Waals surface area contributed by atoms with Crippen LogP contribution in [0.1, 0.15) is 23.3 Å². The third-order valence-electron chi connectivity index (χ3n) is 5.05. The zero-order valence-corrected chi connectivity index (χ0v) is 16.2. The molecular weight excluding hydrogens is 370 g/mol. The molecule has 1 aliphatic heterocycles. The van der Waals surface area contributed by atoms with Gasteiger partial charge in [0.15, 0.2) is 5.13 Å². The summed E-state index contributed by atoms with van der Waals surface area (Å²) in [6.45, 7) is 0.740. The van der Waals surface area contributed by atoms with E-state index in [-0.39, 0.29) is 18.4 Å². The Bertz CT molecular complexity index is 952. The average Bonchev–Trinajstić information content (AvgIpc) is 3.04. The molecule has 2 aromatic rings. The maximum absolute atomic E-state index is 12.6. The molecule has 1 aliphatic carbocycles. The van der Waals surface area contributed by atoms with E-state index in [0.717, 1.165) is 24.1 Å².